The number of hydrogen-bond donors (Lipinski definition) is 2. The largest absolute Gasteiger partial charge is 0.455 e. The molecule has 0 atom stereocenters. The van der Waals surface area contributed by atoms with Crippen molar-refractivity contribution in [1.29, 1.82) is 0 Å². The number of amides is 1. The maximum atomic E-state index is 13.5. The molecule has 1 aromatic heterocycles. The second-order valence-electron chi connectivity index (χ2n) is 3.52. The van der Waals surface area contributed by atoms with Crippen LogP contribution in [0.5, 0.6) is 0 Å². The molecule has 18 heavy (non-hydrogen) atoms. The van der Waals surface area contributed by atoms with E-state index in [0.717, 1.165) is 0 Å². The molecule has 0 saturated carbocycles. The van der Waals surface area contributed by atoms with Crippen molar-refractivity contribution >= 4 is 27.5 Å². The number of halogens is 2. The molecule has 3 N–H and O–H groups in total. The van der Waals surface area contributed by atoms with E-state index in [2.05, 4.69) is 21.2 Å². The summed E-state index contributed by atoms with van der Waals surface area (Å²) in [5.41, 5.74) is 5.45. The Kier molecular flexibility index (Phi) is 3.78. The van der Waals surface area contributed by atoms with Gasteiger partial charge in [-0.05, 0) is 40.2 Å². The monoisotopic (exact) mass is 312 g/mol. The van der Waals surface area contributed by atoms with Crippen LogP contribution in [-0.4, -0.2) is 5.91 Å². The molecule has 0 unspecified atom stereocenters. The van der Waals surface area contributed by atoms with Crippen molar-refractivity contribution in [3.63, 3.8) is 0 Å². The summed E-state index contributed by atoms with van der Waals surface area (Å²) in [5.74, 6) is -0.470. The molecule has 0 aliphatic heterocycles. The van der Waals surface area contributed by atoms with Gasteiger partial charge in [0.1, 0.15) is 11.6 Å². The molecule has 0 radical (unpaired) electrons. The molecule has 0 aliphatic carbocycles. The van der Waals surface area contributed by atoms with Crippen molar-refractivity contribution in [3.8, 4) is 0 Å². The first-order chi connectivity index (χ1) is 8.61. The summed E-state index contributed by atoms with van der Waals surface area (Å²) >= 11 is 3.16. The topological polar surface area (TPSA) is 68.3 Å². The third kappa shape index (κ3) is 2.60. The molecule has 1 heterocycles. The second kappa shape index (κ2) is 5.32. The van der Waals surface area contributed by atoms with E-state index in [1.54, 1.807) is 12.1 Å². The fraction of sp³-hybridized carbons (Fsp3) is 0.0833. The lowest BCUT2D eigenvalue weighted by Gasteiger charge is -2.06. The third-order valence-corrected chi connectivity index (χ3v) is 2.95. The first-order valence-corrected chi connectivity index (χ1v) is 5.95. The number of nitrogens with two attached hydrogens (primary N) is 1. The zero-order valence-corrected chi connectivity index (χ0v) is 10.8. The number of anilines is 1. The molecule has 0 bridgehead atoms. The van der Waals surface area contributed by atoms with Crippen molar-refractivity contribution < 1.29 is 13.6 Å². The van der Waals surface area contributed by atoms with Crippen LogP contribution in [0.4, 0.5) is 10.1 Å². The quantitative estimate of drug-likeness (QED) is 0.915. The summed E-state index contributed by atoms with van der Waals surface area (Å²) < 4.78 is 19.1. The van der Waals surface area contributed by atoms with Crippen molar-refractivity contribution in [2.45, 2.75) is 6.54 Å². The number of hydrogen-bond acceptors (Lipinski definition) is 3. The molecule has 1 amide bonds. The van der Waals surface area contributed by atoms with Gasteiger partial charge in [-0.25, -0.2) is 4.39 Å². The lowest BCUT2D eigenvalue weighted by Crippen LogP contribution is -2.12. The van der Waals surface area contributed by atoms with Crippen LogP contribution in [0.2, 0.25) is 0 Å². The summed E-state index contributed by atoms with van der Waals surface area (Å²) in [4.78, 5) is 11.8. The van der Waals surface area contributed by atoms with E-state index in [-0.39, 0.29) is 18.0 Å². The zero-order chi connectivity index (χ0) is 13.1. The minimum Gasteiger partial charge on any atom is -0.455 e. The fourth-order valence-electron chi connectivity index (χ4n) is 1.40. The Morgan fingerprint density at radius 3 is 2.78 bits per heavy atom. The number of furan rings is 1. The molecule has 2 rings (SSSR count). The van der Waals surface area contributed by atoms with Gasteiger partial charge in [-0.15, -0.1) is 0 Å². The smallest absolute Gasteiger partial charge is 0.291 e. The van der Waals surface area contributed by atoms with Crippen LogP contribution >= 0.6 is 15.9 Å². The number of rotatable bonds is 3. The van der Waals surface area contributed by atoms with Crippen molar-refractivity contribution in [3.05, 3.63) is 52.1 Å². The normalized spacial score (nSPS) is 10.4. The van der Waals surface area contributed by atoms with Gasteiger partial charge in [-0.3, -0.25) is 4.79 Å². The first kappa shape index (κ1) is 12.8. The lowest BCUT2D eigenvalue weighted by atomic mass is 10.3. The molecule has 0 saturated heterocycles. The van der Waals surface area contributed by atoms with E-state index in [4.69, 9.17) is 10.2 Å². The fourth-order valence-corrected chi connectivity index (χ4v) is 1.84. The van der Waals surface area contributed by atoms with Gasteiger partial charge in [0.15, 0.2) is 5.76 Å². The minimum atomic E-state index is -0.527. The van der Waals surface area contributed by atoms with Crippen molar-refractivity contribution in [2.24, 2.45) is 5.73 Å². The Morgan fingerprint density at radius 2 is 2.17 bits per heavy atom. The van der Waals surface area contributed by atoms with Crippen LogP contribution < -0.4 is 11.1 Å². The van der Waals surface area contributed by atoms with Crippen LogP contribution in [0.1, 0.15) is 16.3 Å². The molecule has 0 fully saturated rings. The van der Waals surface area contributed by atoms with E-state index >= 15 is 0 Å². The van der Waals surface area contributed by atoms with E-state index in [0.29, 0.717) is 10.2 Å². The highest BCUT2D eigenvalue weighted by molar-refractivity contribution is 9.10. The second-order valence-corrected chi connectivity index (χ2v) is 4.38. The number of para-hydroxylation sites is 1. The third-order valence-electron chi connectivity index (χ3n) is 2.29. The zero-order valence-electron chi connectivity index (χ0n) is 9.24. The molecule has 0 aliphatic rings. The van der Waals surface area contributed by atoms with Gasteiger partial charge in [-0.2, -0.15) is 0 Å². The maximum absolute atomic E-state index is 13.5. The average molecular weight is 313 g/mol. The van der Waals surface area contributed by atoms with E-state index < -0.39 is 11.7 Å². The van der Waals surface area contributed by atoms with Gasteiger partial charge >= 0.3 is 0 Å². The Morgan fingerprint density at radius 1 is 1.39 bits per heavy atom. The molecular weight excluding hydrogens is 303 g/mol. The highest BCUT2D eigenvalue weighted by Gasteiger charge is 2.14. The number of carbonyl (C=O) groups excluding carboxylic acids is 1. The molecule has 94 valence electrons. The summed E-state index contributed by atoms with van der Waals surface area (Å²) in [7, 11) is 0. The highest BCUT2D eigenvalue weighted by atomic mass is 79.9. The standard InChI is InChI=1S/C12H10BrFN2O2/c13-8-2-1-3-9(14)11(8)16-12(17)10-5-4-7(6-15)18-10/h1-5H,6,15H2,(H,16,17). The van der Waals surface area contributed by atoms with Gasteiger partial charge in [0.05, 0.1) is 12.2 Å². The van der Waals surface area contributed by atoms with Crippen LogP contribution in [0.3, 0.4) is 0 Å². The Labute approximate surface area is 111 Å². The average Bonchev–Trinajstić information content (AvgIpc) is 2.82. The molecule has 0 spiro atoms. The Hall–Kier alpha value is -1.66. The Balaban J connectivity index is 2.21. The molecule has 1 aromatic carbocycles. The Bertz CT molecular complexity index is 563. The van der Waals surface area contributed by atoms with Gasteiger partial charge in [0.2, 0.25) is 0 Å². The van der Waals surface area contributed by atoms with E-state index in [1.807, 2.05) is 0 Å². The van der Waals surface area contributed by atoms with Gasteiger partial charge in [0.25, 0.3) is 5.91 Å². The highest BCUT2D eigenvalue weighted by Crippen LogP contribution is 2.25. The van der Waals surface area contributed by atoms with E-state index in [1.165, 1.54) is 18.2 Å². The number of nitrogens with one attached hydrogen (secondary N) is 1. The summed E-state index contributed by atoms with van der Waals surface area (Å²) in [5, 5.41) is 2.44. The number of carbonyl (C=O) groups is 1. The van der Waals surface area contributed by atoms with Gasteiger partial charge in [0, 0.05) is 4.47 Å². The van der Waals surface area contributed by atoms with Gasteiger partial charge < -0.3 is 15.5 Å². The predicted octanol–water partition coefficient (Wildman–Crippen LogP) is 2.89. The van der Waals surface area contributed by atoms with Crippen LogP contribution in [-0.2, 0) is 6.54 Å². The summed E-state index contributed by atoms with van der Waals surface area (Å²) in [6.07, 6.45) is 0. The maximum Gasteiger partial charge on any atom is 0.291 e. The summed E-state index contributed by atoms with van der Waals surface area (Å²) in [6, 6.07) is 7.52. The molecule has 2 aromatic rings. The van der Waals surface area contributed by atoms with Crippen molar-refractivity contribution in [1.82, 2.24) is 0 Å². The molecule has 6 heteroatoms. The SMILES string of the molecule is NCc1ccc(C(=O)Nc2c(F)cccc2Br)o1. The number of benzene rings is 1. The van der Waals surface area contributed by atoms with Crippen LogP contribution in [0.15, 0.2) is 39.2 Å². The lowest BCUT2D eigenvalue weighted by molar-refractivity contribution is 0.0994. The molecule has 4 nitrogen and oxygen atoms in total. The first-order valence-electron chi connectivity index (χ1n) is 5.16. The van der Waals surface area contributed by atoms with Gasteiger partial charge in [-0.1, -0.05) is 6.07 Å². The molecular formula is C12H10BrFN2O2. The van der Waals surface area contributed by atoms with Crippen LogP contribution in [0.25, 0.3) is 0 Å². The minimum absolute atomic E-state index is 0.0770. The summed E-state index contributed by atoms with van der Waals surface area (Å²) in [6.45, 7) is 0.205. The van der Waals surface area contributed by atoms with Crippen LogP contribution in [0, 0.1) is 5.82 Å². The van der Waals surface area contributed by atoms with E-state index in [9.17, 15) is 9.18 Å². The van der Waals surface area contributed by atoms with Crippen molar-refractivity contribution in [2.75, 3.05) is 5.32 Å². The predicted molar refractivity (Wildman–Crippen MR) is 68.7 cm³/mol.